The number of rotatable bonds is 12. The lowest BCUT2D eigenvalue weighted by Crippen LogP contribution is -1.97. The number of hydrogen-bond acceptors (Lipinski definition) is 3. The highest BCUT2D eigenvalue weighted by Crippen LogP contribution is 2.14. The van der Waals surface area contributed by atoms with Crippen LogP contribution in [0.15, 0.2) is 0 Å². The standard InChI is InChI=1S/C12H26NO2P/c13-11-9-7-5-3-1-2-4-6-8-10-12-16(14)15/h1-13H2. The SMILES string of the molecule is NCCCCCCCCCCCC[P+](=O)[O-]. The van der Waals surface area contributed by atoms with Crippen molar-refractivity contribution in [1.29, 1.82) is 0 Å². The first-order chi connectivity index (χ1) is 7.77. The van der Waals surface area contributed by atoms with Crippen molar-refractivity contribution in [3.05, 3.63) is 0 Å². The Morgan fingerprint density at radius 2 is 1.12 bits per heavy atom. The van der Waals surface area contributed by atoms with E-state index in [2.05, 4.69) is 0 Å². The molecule has 0 radical (unpaired) electrons. The zero-order chi connectivity index (χ0) is 12.1. The Bertz CT molecular complexity index is 165. The van der Waals surface area contributed by atoms with Crippen LogP contribution in [0, 0.1) is 0 Å². The van der Waals surface area contributed by atoms with Crippen molar-refractivity contribution < 1.29 is 9.46 Å². The van der Waals surface area contributed by atoms with E-state index in [9.17, 15) is 9.46 Å². The van der Waals surface area contributed by atoms with Crippen molar-refractivity contribution in [2.75, 3.05) is 12.7 Å². The average molecular weight is 247 g/mol. The summed E-state index contributed by atoms with van der Waals surface area (Å²) in [5, 5.41) is 0. The molecule has 4 heteroatoms. The summed E-state index contributed by atoms with van der Waals surface area (Å²) in [6.45, 7) is 0.821. The molecule has 0 bridgehead atoms. The van der Waals surface area contributed by atoms with Gasteiger partial charge in [0.1, 0.15) is 6.16 Å². The van der Waals surface area contributed by atoms with E-state index in [1.807, 2.05) is 0 Å². The summed E-state index contributed by atoms with van der Waals surface area (Å²) < 4.78 is 10.3. The maximum Gasteiger partial charge on any atom is 0.308 e. The summed E-state index contributed by atoms with van der Waals surface area (Å²) in [6, 6.07) is 0. The Kier molecular flexibility index (Phi) is 13.1. The van der Waals surface area contributed by atoms with E-state index in [-0.39, 0.29) is 0 Å². The first-order valence-electron chi connectivity index (χ1n) is 6.59. The van der Waals surface area contributed by atoms with Gasteiger partial charge in [-0.05, 0) is 25.8 Å². The summed E-state index contributed by atoms with van der Waals surface area (Å²) in [7, 11) is -2.15. The quantitative estimate of drug-likeness (QED) is 0.426. The predicted molar refractivity (Wildman–Crippen MR) is 67.7 cm³/mol. The molecular formula is C12H26NO2P. The minimum atomic E-state index is -2.15. The highest BCUT2D eigenvalue weighted by atomic mass is 31.1. The molecule has 0 aromatic carbocycles. The normalized spacial score (nSPS) is 11.8. The Balaban J connectivity index is 2.90. The molecule has 0 aromatic rings. The monoisotopic (exact) mass is 247 g/mol. The van der Waals surface area contributed by atoms with Crippen LogP contribution >= 0.6 is 8.03 Å². The lowest BCUT2D eigenvalue weighted by Gasteiger charge is -2.01. The molecule has 0 heterocycles. The molecule has 0 saturated carbocycles. The van der Waals surface area contributed by atoms with Gasteiger partial charge < -0.3 is 10.6 Å². The fourth-order valence-corrected chi connectivity index (χ4v) is 2.28. The molecule has 96 valence electrons. The van der Waals surface area contributed by atoms with E-state index in [1.54, 1.807) is 0 Å². The topological polar surface area (TPSA) is 66.2 Å². The predicted octanol–water partition coefficient (Wildman–Crippen LogP) is 2.95. The van der Waals surface area contributed by atoms with Crippen molar-refractivity contribution in [2.24, 2.45) is 5.73 Å². The fraction of sp³-hybridized carbons (Fsp3) is 1.00. The number of nitrogens with two attached hydrogens (primary N) is 1. The largest absolute Gasteiger partial charge is 0.596 e. The summed E-state index contributed by atoms with van der Waals surface area (Å²) in [5.41, 5.74) is 5.42. The van der Waals surface area contributed by atoms with Gasteiger partial charge in [0.05, 0.1) is 0 Å². The van der Waals surface area contributed by atoms with Crippen LogP contribution in [0.3, 0.4) is 0 Å². The molecule has 0 aliphatic carbocycles. The Hall–Kier alpha value is 0.0200. The second kappa shape index (κ2) is 13.1. The minimum absolute atomic E-state index is 0.369. The zero-order valence-corrected chi connectivity index (χ0v) is 11.2. The van der Waals surface area contributed by atoms with Crippen molar-refractivity contribution in [3.8, 4) is 0 Å². The van der Waals surface area contributed by atoms with Gasteiger partial charge in [0, 0.05) is 0 Å². The minimum Gasteiger partial charge on any atom is -0.596 e. The van der Waals surface area contributed by atoms with Crippen molar-refractivity contribution in [2.45, 2.75) is 64.2 Å². The first kappa shape index (κ1) is 16.0. The van der Waals surface area contributed by atoms with Crippen molar-refractivity contribution >= 4 is 8.03 Å². The van der Waals surface area contributed by atoms with Crippen molar-refractivity contribution in [3.63, 3.8) is 0 Å². The Labute approximate surface area is 101 Å². The maximum atomic E-state index is 10.3. The fourth-order valence-electron chi connectivity index (χ4n) is 1.80. The van der Waals surface area contributed by atoms with E-state index >= 15 is 0 Å². The molecule has 0 aromatic heterocycles. The van der Waals surface area contributed by atoms with E-state index < -0.39 is 8.03 Å². The van der Waals surface area contributed by atoms with Gasteiger partial charge in [0.2, 0.25) is 0 Å². The molecular weight excluding hydrogens is 221 g/mol. The molecule has 0 spiro atoms. The van der Waals surface area contributed by atoms with Crippen LogP contribution in [-0.2, 0) is 4.57 Å². The third-order valence-electron chi connectivity index (χ3n) is 2.79. The van der Waals surface area contributed by atoms with Gasteiger partial charge >= 0.3 is 8.03 Å². The van der Waals surface area contributed by atoms with Crippen molar-refractivity contribution in [1.82, 2.24) is 0 Å². The third-order valence-corrected chi connectivity index (χ3v) is 3.48. The van der Waals surface area contributed by atoms with E-state index in [0.717, 1.165) is 25.8 Å². The van der Waals surface area contributed by atoms with E-state index in [1.165, 1.54) is 44.9 Å². The smallest absolute Gasteiger partial charge is 0.308 e. The van der Waals surface area contributed by atoms with Crippen LogP contribution in [0.5, 0.6) is 0 Å². The average Bonchev–Trinajstić information content (AvgIpc) is 2.25. The van der Waals surface area contributed by atoms with Gasteiger partial charge in [-0.15, -0.1) is 0 Å². The van der Waals surface area contributed by atoms with E-state index in [4.69, 9.17) is 5.73 Å². The van der Waals surface area contributed by atoms with Crippen LogP contribution < -0.4 is 10.6 Å². The third kappa shape index (κ3) is 14.0. The molecule has 1 atom stereocenters. The van der Waals surface area contributed by atoms with Crippen LogP contribution in [0.2, 0.25) is 0 Å². The first-order valence-corrected chi connectivity index (χ1v) is 7.95. The van der Waals surface area contributed by atoms with Gasteiger partial charge in [-0.25, -0.2) is 0 Å². The van der Waals surface area contributed by atoms with Crippen LogP contribution in [-0.4, -0.2) is 12.7 Å². The highest BCUT2D eigenvalue weighted by Gasteiger charge is 1.99. The number of unbranched alkanes of at least 4 members (excludes halogenated alkanes) is 9. The van der Waals surface area contributed by atoms with Crippen LogP contribution in [0.1, 0.15) is 64.2 Å². The summed E-state index contributed by atoms with van der Waals surface area (Å²) in [5.74, 6) is 0. The molecule has 3 nitrogen and oxygen atoms in total. The molecule has 0 amide bonds. The molecule has 1 unspecified atom stereocenters. The second-order valence-electron chi connectivity index (χ2n) is 4.38. The molecule has 0 fully saturated rings. The summed E-state index contributed by atoms with van der Waals surface area (Å²) in [6.07, 6.45) is 12.4. The number of hydrogen-bond donors (Lipinski definition) is 1. The maximum absolute atomic E-state index is 10.3. The second-order valence-corrected chi connectivity index (χ2v) is 5.49. The molecule has 16 heavy (non-hydrogen) atoms. The van der Waals surface area contributed by atoms with E-state index in [0.29, 0.717) is 6.16 Å². The van der Waals surface area contributed by atoms with Crippen LogP contribution in [0.25, 0.3) is 0 Å². The lowest BCUT2D eigenvalue weighted by molar-refractivity contribution is -0.164. The molecule has 2 N–H and O–H groups in total. The van der Waals surface area contributed by atoms with Gasteiger partial charge in [-0.2, -0.15) is 0 Å². The lowest BCUT2D eigenvalue weighted by atomic mass is 10.1. The molecule has 0 aliphatic rings. The Morgan fingerprint density at radius 1 is 0.750 bits per heavy atom. The van der Waals surface area contributed by atoms with Gasteiger partial charge in [0.15, 0.2) is 0 Å². The van der Waals surface area contributed by atoms with Crippen LogP contribution in [0.4, 0.5) is 0 Å². The van der Waals surface area contributed by atoms with Gasteiger partial charge in [0.25, 0.3) is 0 Å². The Morgan fingerprint density at radius 3 is 1.50 bits per heavy atom. The molecule has 0 rings (SSSR count). The zero-order valence-electron chi connectivity index (χ0n) is 10.3. The molecule has 0 saturated heterocycles. The van der Waals surface area contributed by atoms with Gasteiger partial charge in [-0.3, -0.25) is 0 Å². The summed E-state index contributed by atoms with van der Waals surface area (Å²) >= 11 is 0. The highest BCUT2D eigenvalue weighted by molar-refractivity contribution is 7.36. The summed E-state index contributed by atoms with van der Waals surface area (Å²) in [4.78, 5) is 10.3. The van der Waals surface area contributed by atoms with Gasteiger partial charge in [-0.1, -0.05) is 49.5 Å². The molecule has 0 aliphatic heterocycles.